The second kappa shape index (κ2) is 6.34. The highest BCUT2D eigenvalue weighted by atomic mass is 19.1. The Balaban J connectivity index is 2.35. The summed E-state index contributed by atoms with van der Waals surface area (Å²) in [5.74, 6) is -1.32. The SMILES string of the molecule is CCC1CCN(c2c(F)cc([N+](=O)[O-])cc2F)C(CN)C1. The molecule has 0 amide bonds. The molecule has 2 atom stereocenters. The summed E-state index contributed by atoms with van der Waals surface area (Å²) in [5.41, 5.74) is 4.95. The Morgan fingerprint density at radius 1 is 1.43 bits per heavy atom. The highest BCUT2D eigenvalue weighted by Crippen LogP contribution is 2.34. The summed E-state index contributed by atoms with van der Waals surface area (Å²) < 4.78 is 28.2. The maximum atomic E-state index is 14.1. The van der Waals surface area contributed by atoms with E-state index in [1.54, 1.807) is 4.90 Å². The Kier molecular flexibility index (Phi) is 4.72. The first-order valence-corrected chi connectivity index (χ1v) is 7.08. The lowest BCUT2D eigenvalue weighted by Crippen LogP contribution is -2.47. The molecule has 2 unspecified atom stereocenters. The number of benzene rings is 1. The molecule has 0 bridgehead atoms. The summed E-state index contributed by atoms with van der Waals surface area (Å²) in [4.78, 5) is 11.4. The summed E-state index contributed by atoms with van der Waals surface area (Å²) in [6.07, 6.45) is 2.63. The second-order valence-electron chi connectivity index (χ2n) is 5.40. The third-order valence-corrected chi connectivity index (χ3v) is 4.17. The molecule has 2 N–H and O–H groups in total. The van der Waals surface area contributed by atoms with Gasteiger partial charge in [0.15, 0.2) is 11.6 Å². The highest BCUT2D eigenvalue weighted by Gasteiger charge is 2.31. The molecular formula is C14H19F2N3O2. The number of hydrogen-bond donors (Lipinski definition) is 1. The van der Waals surface area contributed by atoms with Crippen molar-refractivity contribution in [1.82, 2.24) is 0 Å². The molecule has 1 fully saturated rings. The Bertz CT molecular complexity index is 516. The van der Waals surface area contributed by atoms with Gasteiger partial charge >= 0.3 is 0 Å². The Labute approximate surface area is 121 Å². The molecule has 116 valence electrons. The van der Waals surface area contributed by atoms with Crippen molar-refractivity contribution in [2.45, 2.75) is 32.2 Å². The van der Waals surface area contributed by atoms with Gasteiger partial charge in [0.25, 0.3) is 5.69 Å². The van der Waals surface area contributed by atoms with Gasteiger partial charge in [-0.2, -0.15) is 0 Å². The zero-order valence-electron chi connectivity index (χ0n) is 11.9. The summed E-state index contributed by atoms with van der Waals surface area (Å²) in [6.45, 7) is 2.89. The molecular weight excluding hydrogens is 280 g/mol. The fourth-order valence-electron chi connectivity index (χ4n) is 2.95. The van der Waals surface area contributed by atoms with E-state index in [-0.39, 0.29) is 11.7 Å². The lowest BCUT2D eigenvalue weighted by atomic mass is 9.88. The van der Waals surface area contributed by atoms with Gasteiger partial charge in [0.05, 0.1) is 17.1 Å². The number of anilines is 1. The lowest BCUT2D eigenvalue weighted by molar-refractivity contribution is -0.385. The lowest BCUT2D eigenvalue weighted by Gasteiger charge is -2.40. The molecule has 7 heteroatoms. The first-order chi connectivity index (χ1) is 9.97. The van der Waals surface area contributed by atoms with E-state index in [1.165, 1.54) is 0 Å². The number of nitrogens with two attached hydrogens (primary N) is 1. The smallest absolute Gasteiger partial charge is 0.275 e. The van der Waals surface area contributed by atoms with Gasteiger partial charge in [-0.1, -0.05) is 13.3 Å². The Morgan fingerprint density at radius 2 is 2.05 bits per heavy atom. The van der Waals surface area contributed by atoms with Crippen LogP contribution < -0.4 is 10.6 Å². The van der Waals surface area contributed by atoms with Crippen molar-refractivity contribution in [3.05, 3.63) is 33.9 Å². The van der Waals surface area contributed by atoms with Crippen LogP contribution in [-0.2, 0) is 0 Å². The minimum absolute atomic E-state index is 0.144. The summed E-state index contributed by atoms with van der Waals surface area (Å²) >= 11 is 0. The molecule has 1 aliphatic heterocycles. The monoisotopic (exact) mass is 299 g/mol. The van der Waals surface area contributed by atoms with E-state index in [9.17, 15) is 18.9 Å². The molecule has 0 aliphatic carbocycles. The molecule has 0 spiro atoms. The number of rotatable bonds is 4. The Hall–Kier alpha value is -1.76. The van der Waals surface area contributed by atoms with Crippen molar-refractivity contribution in [3.63, 3.8) is 0 Å². The fourth-order valence-corrected chi connectivity index (χ4v) is 2.95. The first-order valence-electron chi connectivity index (χ1n) is 7.08. The quantitative estimate of drug-likeness (QED) is 0.685. The van der Waals surface area contributed by atoms with Crippen LogP contribution in [0.15, 0.2) is 12.1 Å². The fraction of sp³-hybridized carbons (Fsp3) is 0.571. The molecule has 1 aromatic rings. The molecule has 21 heavy (non-hydrogen) atoms. The van der Waals surface area contributed by atoms with Gasteiger partial charge in [-0.05, 0) is 18.8 Å². The van der Waals surface area contributed by atoms with E-state index < -0.39 is 22.2 Å². The van der Waals surface area contributed by atoms with Crippen LogP contribution in [0.1, 0.15) is 26.2 Å². The molecule has 5 nitrogen and oxygen atoms in total. The van der Waals surface area contributed by atoms with E-state index in [0.717, 1.165) is 31.4 Å². The number of nitrogens with zero attached hydrogens (tertiary/aromatic N) is 2. The van der Waals surface area contributed by atoms with Crippen molar-refractivity contribution in [2.24, 2.45) is 11.7 Å². The van der Waals surface area contributed by atoms with Crippen LogP contribution in [-0.4, -0.2) is 24.1 Å². The van der Waals surface area contributed by atoms with Gasteiger partial charge in [0.1, 0.15) is 5.69 Å². The van der Waals surface area contributed by atoms with Gasteiger partial charge < -0.3 is 10.6 Å². The van der Waals surface area contributed by atoms with Crippen LogP contribution in [0.4, 0.5) is 20.2 Å². The zero-order valence-corrected chi connectivity index (χ0v) is 11.9. The second-order valence-corrected chi connectivity index (χ2v) is 5.40. The van der Waals surface area contributed by atoms with E-state index in [4.69, 9.17) is 5.73 Å². The molecule has 1 saturated heterocycles. The van der Waals surface area contributed by atoms with Crippen molar-refractivity contribution in [2.75, 3.05) is 18.0 Å². The van der Waals surface area contributed by atoms with E-state index in [0.29, 0.717) is 19.0 Å². The van der Waals surface area contributed by atoms with Gasteiger partial charge in [-0.25, -0.2) is 8.78 Å². The number of nitro groups is 1. The van der Waals surface area contributed by atoms with Crippen LogP contribution in [0, 0.1) is 27.7 Å². The standard InChI is InChI=1S/C14H19F2N3O2/c1-2-9-3-4-18(11(5-9)8-17)14-12(15)6-10(19(20)21)7-13(14)16/h6-7,9,11H,2-5,8,17H2,1H3. The molecule has 1 heterocycles. The zero-order chi connectivity index (χ0) is 15.6. The highest BCUT2D eigenvalue weighted by molar-refractivity contribution is 5.55. The minimum Gasteiger partial charge on any atom is -0.363 e. The number of halogens is 2. The summed E-state index contributed by atoms with van der Waals surface area (Å²) in [5, 5.41) is 10.6. The first kappa shape index (κ1) is 15.6. The van der Waals surface area contributed by atoms with Crippen LogP contribution in [0.5, 0.6) is 0 Å². The van der Waals surface area contributed by atoms with Gasteiger partial charge in [0, 0.05) is 19.1 Å². The topological polar surface area (TPSA) is 72.4 Å². The molecule has 1 aliphatic rings. The predicted octanol–water partition coefficient (Wildman–Crippen LogP) is 2.83. The number of hydrogen-bond acceptors (Lipinski definition) is 4. The summed E-state index contributed by atoms with van der Waals surface area (Å²) in [6, 6.07) is 1.38. The largest absolute Gasteiger partial charge is 0.363 e. The minimum atomic E-state index is -0.907. The predicted molar refractivity (Wildman–Crippen MR) is 76.2 cm³/mol. The molecule has 1 aromatic carbocycles. The van der Waals surface area contributed by atoms with Crippen LogP contribution in [0.25, 0.3) is 0 Å². The number of nitro benzene ring substituents is 1. The Morgan fingerprint density at radius 3 is 2.52 bits per heavy atom. The molecule has 0 aromatic heterocycles. The third-order valence-electron chi connectivity index (χ3n) is 4.17. The number of non-ortho nitro benzene ring substituents is 1. The van der Waals surface area contributed by atoms with Crippen molar-refractivity contribution in [3.8, 4) is 0 Å². The summed E-state index contributed by atoms with van der Waals surface area (Å²) in [7, 11) is 0. The van der Waals surface area contributed by atoms with E-state index in [1.807, 2.05) is 0 Å². The van der Waals surface area contributed by atoms with E-state index in [2.05, 4.69) is 6.92 Å². The van der Waals surface area contributed by atoms with Gasteiger partial charge in [0.2, 0.25) is 0 Å². The van der Waals surface area contributed by atoms with Crippen LogP contribution >= 0.6 is 0 Å². The van der Waals surface area contributed by atoms with Crippen molar-refractivity contribution in [1.29, 1.82) is 0 Å². The van der Waals surface area contributed by atoms with Crippen molar-refractivity contribution >= 4 is 11.4 Å². The van der Waals surface area contributed by atoms with Gasteiger partial charge in [-0.15, -0.1) is 0 Å². The van der Waals surface area contributed by atoms with Crippen LogP contribution in [0.3, 0.4) is 0 Å². The molecule has 0 saturated carbocycles. The van der Waals surface area contributed by atoms with Gasteiger partial charge in [-0.3, -0.25) is 10.1 Å². The maximum Gasteiger partial charge on any atom is 0.275 e. The van der Waals surface area contributed by atoms with Crippen LogP contribution in [0.2, 0.25) is 0 Å². The average molecular weight is 299 g/mol. The number of piperidine rings is 1. The average Bonchev–Trinajstić information content (AvgIpc) is 2.46. The molecule has 2 rings (SSSR count). The maximum absolute atomic E-state index is 14.1. The third kappa shape index (κ3) is 3.12. The normalized spacial score (nSPS) is 22.4. The van der Waals surface area contributed by atoms with E-state index >= 15 is 0 Å². The molecule has 0 radical (unpaired) electrons. The van der Waals surface area contributed by atoms with Crippen molar-refractivity contribution < 1.29 is 13.7 Å².